The molecule has 25 heavy (non-hydrogen) atoms. The number of carbonyl (C=O) groups excluding carboxylic acids is 2. The Morgan fingerprint density at radius 1 is 0.920 bits per heavy atom. The van der Waals surface area contributed by atoms with E-state index >= 15 is 0 Å². The minimum absolute atomic E-state index is 0.00364. The fourth-order valence-electron chi connectivity index (χ4n) is 2.38. The molecule has 5 heteroatoms. The van der Waals surface area contributed by atoms with E-state index in [1.54, 1.807) is 12.1 Å². The van der Waals surface area contributed by atoms with Gasteiger partial charge >= 0.3 is 11.9 Å². The minimum atomic E-state index is -0.489. The van der Waals surface area contributed by atoms with E-state index in [0.717, 1.165) is 12.8 Å². The molecule has 0 saturated carbocycles. The zero-order valence-corrected chi connectivity index (χ0v) is 15.1. The largest absolute Gasteiger partial charge is 0.466 e. The summed E-state index contributed by atoms with van der Waals surface area (Å²) in [5, 5.41) is 0. The summed E-state index contributed by atoms with van der Waals surface area (Å²) in [7, 11) is 0. The molecule has 0 fully saturated rings. The fraction of sp³-hybridized carbons (Fsp3) is 0.600. The van der Waals surface area contributed by atoms with Crippen LogP contribution in [0.5, 0.6) is 0 Å². The number of rotatable bonds is 13. The number of ether oxygens (including phenoxy) is 2. The lowest BCUT2D eigenvalue weighted by molar-refractivity contribution is -0.151. The van der Waals surface area contributed by atoms with E-state index in [4.69, 9.17) is 9.47 Å². The van der Waals surface area contributed by atoms with Gasteiger partial charge in [0.15, 0.2) is 0 Å². The van der Waals surface area contributed by atoms with Gasteiger partial charge in [0.2, 0.25) is 0 Å². The molecular weight excluding hydrogens is 323 g/mol. The first kappa shape index (κ1) is 21.1. The summed E-state index contributed by atoms with van der Waals surface area (Å²) in [5.74, 6) is -1.24. The quantitative estimate of drug-likeness (QED) is 0.372. The van der Waals surface area contributed by atoms with Crippen LogP contribution in [0.3, 0.4) is 0 Å². The van der Waals surface area contributed by atoms with Crippen molar-refractivity contribution in [1.29, 1.82) is 0 Å². The van der Waals surface area contributed by atoms with Crippen molar-refractivity contribution in [3.63, 3.8) is 0 Å². The van der Waals surface area contributed by atoms with E-state index < -0.39 is 5.97 Å². The Labute approximate surface area is 149 Å². The summed E-state index contributed by atoms with van der Waals surface area (Å²) in [6.07, 6.45) is 8.11. The van der Waals surface area contributed by atoms with Gasteiger partial charge in [-0.2, -0.15) is 0 Å². The van der Waals surface area contributed by atoms with Gasteiger partial charge in [-0.1, -0.05) is 57.6 Å². The maximum Gasteiger partial charge on any atom is 0.306 e. The highest BCUT2D eigenvalue weighted by Gasteiger charge is 2.09. The molecule has 0 heterocycles. The second-order valence-electron chi connectivity index (χ2n) is 6.13. The van der Waals surface area contributed by atoms with E-state index in [2.05, 4.69) is 6.92 Å². The third kappa shape index (κ3) is 11.3. The molecule has 0 aliphatic heterocycles. The zero-order chi connectivity index (χ0) is 18.3. The molecule has 0 atom stereocenters. The van der Waals surface area contributed by atoms with Crippen LogP contribution in [0.15, 0.2) is 24.3 Å². The van der Waals surface area contributed by atoms with Gasteiger partial charge in [-0.25, -0.2) is 4.39 Å². The Bertz CT molecular complexity index is 516. The predicted octanol–water partition coefficient (Wildman–Crippen LogP) is 4.94. The summed E-state index contributed by atoms with van der Waals surface area (Å²) in [6, 6.07) is 5.86. The molecule has 140 valence electrons. The average Bonchev–Trinajstić information content (AvgIpc) is 2.60. The fourth-order valence-corrected chi connectivity index (χ4v) is 2.38. The molecule has 0 bridgehead atoms. The third-order valence-corrected chi connectivity index (χ3v) is 3.83. The summed E-state index contributed by atoms with van der Waals surface area (Å²) in [6.45, 7) is 2.60. The lowest BCUT2D eigenvalue weighted by Crippen LogP contribution is -2.11. The van der Waals surface area contributed by atoms with Crippen LogP contribution in [0.2, 0.25) is 0 Å². The van der Waals surface area contributed by atoms with Crippen molar-refractivity contribution in [1.82, 2.24) is 0 Å². The second kappa shape index (κ2) is 13.4. The molecule has 0 spiro atoms. The van der Waals surface area contributed by atoms with E-state index in [1.807, 2.05) is 0 Å². The molecule has 0 N–H and O–H groups in total. The zero-order valence-electron chi connectivity index (χ0n) is 15.1. The van der Waals surface area contributed by atoms with Crippen LogP contribution in [-0.4, -0.2) is 18.5 Å². The molecule has 0 unspecified atom stereocenters. The summed E-state index contributed by atoms with van der Waals surface area (Å²) >= 11 is 0. The van der Waals surface area contributed by atoms with Crippen molar-refractivity contribution in [2.75, 3.05) is 6.61 Å². The number of carbonyl (C=O) groups is 2. The van der Waals surface area contributed by atoms with Crippen molar-refractivity contribution >= 4 is 11.9 Å². The Balaban J connectivity index is 2.01. The van der Waals surface area contributed by atoms with E-state index in [0.29, 0.717) is 12.2 Å². The number of benzene rings is 1. The molecule has 0 aliphatic carbocycles. The number of unbranched alkanes of at least 4 members (excludes halogenated alkanes) is 6. The molecule has 1 aromatic rings. The Kier molecular flexibility index (Phi) is 11.3. The number of hydrogen-bond acceptors (Lipinski definition) is 4. The van der Waals surface area contributed by atoms with Gasteiger partial charge in [0.1, 0.15) is 12.4 Å². The van der Waals surface area contributed by atoms with E-state index in [1.165, 1.54) is 44.2 Å². The normalized spacial score (nSPS) is 10.5. The Hall–Kier alpha value is -1.91. The summed E-state index contributed by atoms with van der Waals surface area (Å²) in [4.78, 5) is 23.1. The van der Waals surface area contributed by atoms with Gasteiger partial charge in [0, 0.05) is 0 Å². The molecule has 1 aromatic carbocycles. The molecule has 0 amide bonds. The molecule has 0 aromatic heterocycles. The molecule has 0 saturated heterocycles. The monoisotopic (exact) mass is 352 g/mol. The third-order valence-electron chi connectivity index (χ3n) is 3.83. The van der Waals surface area contributed by atoms with Gasteiger partial charge < -0.3 is 9.47 Å². The van der Waals surface area contributed by atoms with Gasteiger partial charge in [0.05, 0.1) is 19.4 Å². The first-order chi connectivity index (χ1) is 12.1. The lowest BCUT2D eigenvalue weighted by Gasteiger charge is -2.06. The highest BCUT2D eigenvalue weighted by molar-refractivity contribution is 5.77. The molecule has 0 aliphatic rings. The standard InChI is InChI=1S/C20H29FO4/c1-2-3-4-5-6-7-8-14-24-19(22)12-13-20(23)25-16-17-10-9-11-18(21)15-17/h9-11,15H,2-8,12-14,16H2,1H3. The number of esters is 2. The molecule has 0 radical (unpaired) electrons. The minimum Gasteiger partial charge on any atom is -0.466 e. The first-order valence-electron chi connectivity index (χ1n) is 9.17. The lowest BCUT2D eigenvalue weighted by atomic mass is 10.1. The van der Waals surface area contributed by atoms with Crippen LogP contribution >= 0.6 is 0 Å². The van der Waals surface area contributed by atoms with Gasteiger partial charge in [-0.3, -0.25) is 9.59 Å². The van der Waals surface area contributed by atoms with E-state index in [9.17, 15) is 14.0 Å². The maximum atomic E-state index is 13.0. The van der Waals surface area contributed by atoms with E-state index in [-0.39, 0.29) is 31.2 Å². The van der Waals surface area contributed by atoms with Crippen molar-refractivity contribution in [2.45, 2.75) is 71.3 Å². The summed E-state index contributed by atoms with van der Waals surface area (Å²) in [5.41, 5.74) is 0.579. The van der Waals surface area contributed by atoms with Crippen LogP contribution in [0.1, 0.15) is 70.3 Å². The number of hydrogen-bond donors (Lipinski definition) is 0. The Morgan fingerprint density at radius 3 is 2.24 bits per heavy atom. The molecule has 1 rings (SSSR count). The van der Waals surface area contributed by atoms with Crippen molar-refractivity contribution in [3.8, 4) is 0 Å². The van der Waals surface area contributed by atoms with Gasteiger partial charge in [-0.05, 0) is 24.1 Å². The van der Waals surface area contributed by atoms with Crippen LogP contribution in [0.25, 0.3) is 0 Å². The smallest absolute Gasteiger partial charge is 0.306 e. The van der Waals surface area contributed by atoms with Crippen LogP contribution in [-0.2, 0) is 25.7 Å². The molecular formula is C20H29FO4. The first-order valence-corrected chi connectivity index (χ1v) is 9.17. The van der Waals surface area contributed by atoms with Crippen LogP contribution in [0, 0.1) is 5.82 Å². The highest BCUT2D eigenvalue weighted by Crippen LogP contribution is 2.08. The maximum absolute atomic E-state index is 13.0. The summed E-state index contributed by atoms with van der Waals surface area (Å²) < 4.78 is 23.1. The SMILES string of the molecule is CCCCCCCCCOC(=O)CCC(=O)OCc1cccc(F)c1. The van der Waals surface area contributed by atoms with Gasteiger partial charge in [-0.15, -0.1) is 0 Å². The molecule has 4 nitrogen and oxygen atoms in total. The number of halogens is 1. The predicted molar refractivity (Wildman–Crippen MR) is 94.4 cm³/mol. The van der Waals surface area contributed by atoms with Gasteiger partial charge in [0.25, 0.3) is 0 Å². The topological polar surface area (TPSA) is 52.6 Å². The van der Waals surface area contributed by atoms with Crippen molar-refractivity contribution < 1.29 is 23.5 Å². The Morgan fingerprint density at radius 2 is 1.56 bits per heavy atom. The van der Waals surface area contributed by atoms with Crippen molar-refractivity contribution in [3.05, 3.63) is 35.6 Å². The van der Waals surface area contributed by atoms with Crippen LogP contribution in [0.4, 0.5) is 4.39 Å². The average molecular weight is 352 g/mol. The highest BCUT2D eigenvalue weighted by atomic mass is 19.1. The van der Waals surface area contributed by atoms with Crippen molar-refractivity contribution in [2.24, 2.45) is 0 Å². The van der Waals surface area contributed by atoms with Crippen LogP contribution < -0.4 is 0 Å². The second-order valence-corrected chi connectivity index (χ2v) is 6.13.